The van der Waals surface area contributed by atoms with Gasteiger partial charge in [0.25, 0.3) is 5.91 Å². The highest BCUT2D eigenvalue weighted by Gasteiger charge is 2.43. The summed E-state index contributed by atoms with van der Waals surface area (Å²) in [7, 11) is 0. The van der Waals surface area contributed by atoms with Crippen LogP contribution < -0.4 is 0 Å². The van der Waals surface area contributed by atoms with Crippen LogP contribution in [0.3, 0.4) is 0 Å². The molecule has 3 N–H and O–H groups in total. The molecule has 4 rings (SSSR count). The number of hydrogen-bond donors (Lipinski definition) is 3. The first-order valence-corrected chi connectivity index (χ1v) is 10.4. The highest BCUT2D eigenvalue weighted by atomic mass is 16.3. The van der Waals surface area contributed by atoms with Gasteiger partial charge in [-0.1, -0.05) is 37.3 Å². The molecule has 1 atom stereocenters. The average molecular weight is 448 g/mol. The number of amides is 1. The lowest BCUT2D eigenvalue weighted by Gasteiger charge is -2.27. The number of nitrogens with one attached hydrogen (secondary N) is 1. The number of H-pyrrole nitrogens is 1. The molecule has 1 aromatic heterocycles. The molecule has 0 saturated heterocycles. The van der Waals surface area contributed by atoms with E-state index in [4.69, 9.17) is 9.59 Å². The van der Waals surface area contributed by atoms with Gasteiger partial charge in [-0.05, 0) is 43.0 Å². The van der Waals surface area contributed by atoms with Gasteiger partial charge in [-0.3, -0.25) is 9.59 Å². The van der Waals surface area contributed by atoms with Crippen molar-refractivity contribution >= 4 is 28.7 Å². The molecule has 0 aliphatic carbocycles. The second kappa shape index (κ2) is 9.97. The molecule has 0 bridgehead atoms. The number of aryl methyl sites for hydroxylation is 1. The van der Waals surface area contributed by atoms with Crippen molar-refractivity contribution < 1.29 is 29.4 Å². The van der Waals surface area contributed by atoms with Gasteiger partial charge in [0.15, 0.2) is 11.5 Å². The van der Waals surface area contributed by atoms with E-state index < -0.39 is 17.7 Å². The molecule has 8 nitrogen and oxygen atoms in total. The molecule has 1 amide bonds. The van der Waals surface area contributed by atoms with E-state index in [9.17, 15) is 19.8 Å². The minimum absolute atomic E-state index is 0.0118. The number of carbonyl (C=O) groups excluding carboxylic acids is 4. The monoisotopic (exact) mass is 448 g/mol. The van der Waals surface area contributed by atoms with E-state index in [1.165, 1.54) is 11.8 Å². The second-order valence-electron chi connectivity index (χ2n) is 7.66. The van der Waals surface area contributed by atoms with E-state index in [0.29, 0.717) is 18.5 Å². The predicted octanol–water partition coefficient (Wildman–Crippen LogP) is 3.38. The first-order chi connectivity index (χ1) is 15.8. The van der Waals surface area contributed by atoms with E-state index in [1.54, 1.807) is 12.1 Å². The molecule has 1 aliphatic rings. The van der Waals surface area contributed by atoms with Crippen molar-refractivity contribution in [2.45, 2.75) is 32.7 Å². The lowest BCUT2D eigenvalue weighted by Crippen LogP contribution is -2.33. The summed E-state index contributed by atoms with van der Waals surface area (Å²) in [4.78, 5) is 46.1. The lowest BCUT2D eigenvalue weighted by atomic mass is 9.94. The van der Waals surface area contributed by atoms with Gasteiger partial charge < -0.3 is 20.1 Å². The summed E-state index contributed by atoms with van der Waals surface area (Å²) in [6.07, 6.45) is 3.45. The van der Waals surface area contributed by atoms with Gasteiger partial charge in [-0.15, -0.1) is 0 Å². The van der Waals surface area contributed by atoms with Gasteiger partial charge in [0.1, 0.15) is 5.75 Å². The van der Waals surface area contributed by atoms with Gasteiger partial charge in [0.05, 0.1) is 11.6 Å². The molecule has 2 aromatic carbocycles. The fourth-order valence-corrected chi connectivity index (χ4v) is 4.19. The Morgan fingerprint density at radius 1 is 1.15 bits per heavy atom. The van der Waals surface area contributed by atoms with Gasteiger partial charge in [0.2, 0.25) is 0 Å². The number of fused-ring (bicyclic) bond motifs is 1. The van der Waals surface area contributed by atoms with E-state index in [-0.39, 0.29) is 23.3 Å². The third-order valence-corrected chi connectivity index (χ3v) is 5.78. The summed E-state index contributed by atoms with van der Waals surface area (Å²) in [6, 6.07) is 12.3. The Morgan fingerprint density at radius 3 is 2.48 bits per heavy atom. The molecule has 0 spiro atoms. The number of rotatable bonds is 6. The summed E-state index contributed by atoms with van der Waals surface area (Å²) in [5.74, 6) is -1.51. The Balaban J connectivity index is 0.000000968. The molecule has 0 radical (unpaired) electrons. The van der Waals surface area contributed by atoms with Gasteiger partial charge >= 0.3 is 6.15 Å². The number of para-hydroxylation sites is 1. The Hall–Kier alpha value is -4.16. The van der Waals surface area contributed by atoms with Crippen molar-refractivity contribution in [1.82, 2.24) is 9.88 Å². The molecule has 1 unspecified atom stereocenters. The van der Waals surface area contributed by atoms with Crippen LogP contribution in [-0.4, -0.2) is 44.5 Å². The predicted molar refractivity (Wildman–Crippen MR) is 119 cm³/mol. The minimum Gasteiger partial charge on any atom is -0.508 e. The van der Waals surface area contributed by atoms with Crippen LogP contribution in [-0.2, 0) is 32.0 Å². The number of aromatic hydroxyl groups is 1. The quantitative estimate of drug-likeness (QED) is 0.530. The van der Waals surface area contributed by atoms with E-state index in [0.717, 1.165) is 28.5 Å². The first kappa shape index (κ1) is 23.5. The van der Waals surface area contributed by atoms with Crippen LogP contribution in [0.15, 0.2) is 60.0 Å². The molecule has 8 heteroatoms. The number of benzene rings is 2. The number of aromatic nitrogens is 1. The minimum atomic E-state index is -0.814. The van der Waals surface area contributed by atoms with Gasteiger partial charge in [-0.25, -0.2) is 0 Å². The SMILES string of the molecule is CCc1ccc(C2C(C(C)=O)=C(O)C(=O)N2CCc2c[nH]c3ccccc23)c(O)c1.O=C=O. The molecule has 170 valence electrons. The number of aromatic amines is 1. The zero-order valence-corrected chi connectivity index (χ0v) is 18.3. The standard InChI is InChI=1S/C24H24N2O4.CO2/c1-3-15-8-9-18(20(28)12-15)22-21(14(2)27)23(29)24(30)26(22)11-10-16-13-25-19-7-5-4-6-17(16)19;2-1-3/h4-9,12-13,22,25,28-29H,3,10-11H2,1-2H3;. The first-order valence-electron chi connectivity index (χ1n) is 10.4. The average Bonchev–Trinajstić information content (AvgIpc) is 3.31. The zero-order chi connectivity index (χ0) is 24.1. The maximum Gasteiger partial charge on any atom is 0.373 e. The molecule has 33 heavy (non-hydrogen) atoms. The number of nitrogens with zero attached hydrogens (tertiary/aromatic N) is 1. The van der Waals surface area contributed by atoms with Crippen molar-refractivity contribution in [2.75, 3.05) is 6.54 Å². The largest absolute Gasteiger partial charge is 0.508 e. The molecule has 0 saturated carbocycles. The van der Waals surface area contributed by atoms with Crippen LogP contribution in [0.25, 0.3) is 10.9 Å². The number of aliphatic hydroxyl groups is 1. The number of aliphatic hydroxyl groups excluding tert-OH is 1. The van der Waals surface area contributed by atoms with Crippen molar-refractivity contribution in [1.29, 1.82) is 0 Å². The van der Waals surface area contributed by atoms with Crippen molar-refractivity contribution in [3.63, 3.8) is 0 Å². The summed E-state index contributed by atoms with van der Waals surface area (Å²) in [5, 5.41) is 22.1. The fourth-order valence-electron chi connectivity index (χ4n) is 4.19. The number of phenols is 1. The van der Waals surface area contributed by atoms with Crippen LogP contribution in [0.1, 0.15) is 36.6 Å². The number of ketones is 1. The van der Waals surface area contributed by atoms with Crippen LogP contribution in [0.4, 0.5) is 0 Å². The highest BCUT2D eigenvalue weighted by Crippen LogP contribution is 2.41. The fraction of sp³-hybridized carbons (Fsp3) is 0.240. The van der Waals surface area contributed by atoms with Gasteiger partial charge in [-0.2, -0.15) is 9.59 Å². The maximum atomic E-state index is 12.8. The third-order valence-electron chi connectivity index (χ3n) is 5.78. The number of hydrogen-bond acceptors (Lipinski definition) is 6. The molecule has 2 heterocycles. The molecule has 3 aromatic rings. The maximum absolute atomic E-state index is 12.8. The van der Waals surface area contributed by atoms with Crippen LogP contribution >= 0.6 is 0 Å². The van der Waals surface area contributed by atoms with Crippen LogP contribution in [0, 0.1) is 0 Å². The lowest BCUT2D eigenvalue weighted by molar-refractivity contribution is -0.191. The molecule has 1 aliphatic heterocycles. The molecule has 0 fully saturated rings. The van der Waals surface area contributed by atoms with E-state index in [1.807, 2.05) is 43.5 Å². The van der Waals surface area contributed by atoms with E-state index >= 15 is 0 Å². The van der Waals surface area contributed by atoms with Crippen molar-refractivity contribution in [3.8, 4) is 5.75 Å². The van der Waals surface area contributed by atoms with Gasteiger partial charge in [0, 0.05) is 29.2 Å². The number of carbonyl (C=O) groups is 2. The summed E-state index contributed by atoms with van der Waals surface area (Å²) in [6.45, 7) is 3.60. The normalized spacial score (nSPS) is 15.4. The number of phenolic OH excluding ortho intramolecular Hbond substituents is 1. The second-order valence-corrected chi connectivity index (χ2v) is 7.66. The summed E-state index contributed by atoms with van der Waals surface area (Å²) in [5.41, 5.74) is 3.46. The Morgan fingerprint density at radius 2 is 1.85 bits per heavy atom. The van der Waals surface area contributed by atoms with Crippen LogP contribution in [0.2, 0.25) is 0 Å². The highest BCUT2D eigenvalue weighted by molar-refractivity contribution is 6.08. The Bertz CT molecular complexity index is 1270. The van der Waals surface area contributed by atoms with Crippen LogP contribution in [0.5, 0.6) is 5.75 Å². The Kier molecular flexibility index (Phi) is 7.10. The topological polar surface area (TPSA) is 128 Å². The summed E-state index contributed by atoms with van der Waals surface area (Å²) >= 11 is 0. The third kappa shape index (κ3) is 4.56. The summed E-state index contributed by atoms with van der Waals surface area (Å²) < 4.78 is 0. The zero-order valence-electron chi connectivity index (χ0n) is 18.3. The molecular weight excluding hydrogens is 424 g/mol. The van der Waals surface area contributed by atoms with E-state index in [2.05, 4.69) is 4.98 Å². The molecular formula is C25H24N2O6. The van der Waals surface area contributed by atoms with Crippen molar-refractivity contribution in [3.05, 3.63) is 76.7 Å². The Labute approximate surface area is 190 Å². The number of Topliss-reactive ketones (excluding diaryl/α,β-unsaturated/α-hetero) is 1. The smallest absolute Gasteiger partial charge is 0.373 e. The van der Waals surface area contributed by atoms with Crippen molar-refractivity contribution in [2.24, 2.45) is 0 Å².